The van der Waals surface area contributed by atoms with Gasteiger partial charge in [0.15, 0.2) is 5.96 Å². The number of carbonyl (C=O) groups is 1. The summed E-state index contributed by atoms with van der Waals surface area (Å²) < 4.78 is 5.37. The van der Waals surface area contributed by atoms with E-state index in [4.69, 9.17) is 10.5 Å². The van der Waals surface area contributed by atoms with Gasteiger partial charge in [-0.15, -0.1) is 0 Å². The molecule has 3 N–H and O–H groups in total. The second kappa shape index (κ2) is 8.41. The number of hydrogen-bond donors (Lipinski definition) is 2. The average Bonchev–Trinajstić information content (AvgIpc) is 2.55. The summed E-state index contributed by atoms with van der Waals surface area (Å²) in [5.74, 6) is 1.80. The van der Waals surface area contributed by atoms with E-state index in [0.29, 0.717) is 18.9 Å². The van der Waals surface area contributed by atoms with Crippen molar-refractivity contribution >= 4 is 11.9 Å². The molecule has 1 aliphatic heterocycles. The quantitative estimate of drug-likeness (QED) is 0.634. The fraction of sp³-hybridized carbons (Fsp3) is 0.529. The van der Waals surface area contributed by atoms with Crippen molar-refractivity contribution in [2.75, 3.05) is 27.2 Å². The smallest absolute Gasteiger partial charge is 0.217 e. The molecular formula is C17H26N4O2. The van der Waals surface area contributed by atoms with Crippen LogP contribution >= 0.6 is 0 Å². The fourth-order valence-electron chi connectivity index (χ4n) is 3.06. The molecule has 1 aromatic rings. The molecule has 1 fully saturated rings. The minimum absolute atomic E-state index is 0.228. The number of benzene rings is 1. The predicted octanol–water partition coefficient (Wildman–Crippen LogP) is 1.36. The number of piperidine rings is 1. The van der Waals surface area contributed by atoms with E-state index >= 15 is 0 Å². The molecule has 0 spiro atoms. The number of carbonyl (C=O) groups excluding carboxylic acids is 1. The van der Waals surface area contributed by atoms with E-state index in [1.807, 2.05) is 24.3 Å². The summed E-state index contributed by atoms with van der Waals surface area (Å²) in [7, 11) is 3.45. The first kappa shape index (κ1) is 17.1. The second-order valence-electron chi connectivity index (χ2n) is 5.84. The summed E-state index contributed by atoms with van der Waals surface area (Å²) in [5.41, 5.74) is 6.41. The maximum atomic E-state index is 11.1. The first-order valence-electron chi connectivity index (χ1n) is 7.99. The lowest BCUT2D eigenvalue weighted by Crippen LogP contribution is -2.46. The number of nitrogens with two attached hydrogens (primary N) is 1. The number of primary amides is 1. The first-order chi connectivity index (χ1) is 11.1. The standard InChI is InChI=1S/C17H26N4O2/c1-19-17(20-11-14-7-3-4-8-15(14)23-2)21-9-5-6-13(12-21)10-16(18)22/h3-4,7-8,13H,5-6,9-12H2,1-2H3,(H2,18,22)(H,19,20). The van der Waals surface area contributed by atoms with Crippen molar-refractivity contribution in [2.45, 2.75) is 25.8 Å². The second-order valence-corrected chi connectivity index (χ2v) is 5.84. The highest BCUT2D eigenvalue weighted by atomic mass is 16.5. The molecule has 23 heavy (non-hydrogen) atoms. The van der Waals surface area contributed by atoms with Gasteiger partial charge in [0.2, 0.25) is 5.91 Å². The van der Waals surface area contributed by atoms with Crippen molar-refractivity contribution in [1.82, 2.24) is 10.2 Å². The van der Waals surface area contributed by atoms with Crippen LogP contribution in [0.3, 0.4) is 0 Å². The van der Waals surface area contributed by atoms with Crippen LogP contribution in [0.15, 0.2) is 29.3 Å². The van der Waals surface area contributed by atoms with Gasteiger partial charge >= 0.3 is 0 Å². The van der Waals surface area contributed by atoms with Crippen molar-refractivity contribution in [3.05, 3.63) is 29.8 Å². The molecular weight excluding hydrogens is 292 g/mol. The van der Waals surface area contributed by atoms with Gasteiger partial charge in [0.1, 0.15) is 5.75 Å². The van der Waals surface area contributed by atoms with Crippen LogP contribution in [0, 0.1) is 5.92 Å². The summed E-state index contributed by atoms with van der Waals surface area (Å²) in [4.78, 5) is 17.7. The predicted molar refractivity (Wildman–Crippen MR) is 91.3 cm³/mol. The highest BCUT2D eigenvalue weighted by Gasteiger charge is 2.23. The zero-order valence-electron chi connectivity index (χ0n) is 13.9. The van der Waals surface area contributed by atoms with E-state index in [0.717, 1.165) is 43.2 Å². The number of ether oxygens (including phenoxy) is 1. The van der Waals surface area contributed by atoms with Gasteiger partial charge in [0.05, 0.1) is 7.11 Å². The Hall–Kier alpha value is -2.24. The van der Waals surface area contributed by atoms with Gasteiger partial charge in [-0.25, -0.2) is 0 Å². The first-order valence-corrected chi connectivity index (χ1v) is 7.99. The number of rotatable bonds is 5. The maximum absolute atomic E-state index is 11.1. The lowest BCUT2D eigenvalue weighted by atomic mass is 9.95. The summed E-state index contributed by atoms with van der Waals surface area (Å²) in [6.45, 7) is 2.41. The van der Waals surface area contributed by atoms with E-state index in [2.05, 4.69) is 15.2 Å². The molecule has 1 saturated heterocycles. The van der Waals surface area contributed by atoms with Crippen molar-refractivity contribution in [1.29, 1.82) is 0 Å². The third-order valence-corrected chi connectivity index (χ3v) is 4.15. The van der Waals surface area contributed by atoms with E-state index in [1.165, 1.54) is 0 Å². The molecule has 1 unspecified atom stereocenters. The summed E-state index contributed by atoms with van der Waals surface area (Å²) in [6.07, 6.45) is 2.54. The number of methoxy groups -OCH3 is 1. The fourth-order valence-corrected chi connectivity index (χ4v) is 3.06. The van der Waals surface area contributed by atoms with E-state index in [1.54, 1.807) is 14.2 Å². The third kappa shape index (κ3) is 4.87. The molecule has 0 bridgehead atoms. The van der Waals surface area contributed by atoms with Gasteiger partial charge < -0.3 is 20.7 Å². The Bertz CT molecular complexity index is 559. The zero-order valence-corrected chi connectivity index (χ0v) is 13.9. The lowest BCUT2D eigenvalue weighted by molar-refractivity contribution is -0.119. The van der Waals surface area contributed by atoms with Crippen molar-refractivity contribution in [3.8, 4) is 5.75 Å². The Morgan fingerprint density at radius 1 is 1.48 bits per heavy atom. The average molecular weight is 318 g/mol. The van der Waals surface area contributed by atoms with Crippen LogP contribution in [0.25, 0.3) is 0 Å². The number of aliphatic imine (C=N–C) groups is 1. The molecule has 1 aromatic carbocycles. The highest BCUT2D eigenvalue weighted by molar-refractivity contribution is 5.80. The Morgan fingerprint density at radius 3 is 2.96 bits per heavy atom. The molecule has 1 amide bonds. The number of likely N-dealkylation sites (tertiary alicyclic amines) is 1. The van der Waals surface area contributed by atoms with Crippen LogP contribution in [0.5, 0.6) is 5.75 Å². The topological polar surface area (TPSA) is 80.0 Å². The molecule has 2 rings (SSSR count). The highest BCUT2D eigenvalue weighted by Crippen LogP contribution is 2.20. The lowest BCUT2D eigenvalue weighted by Gasteiger charge is -2.34. The normalized spacial score (nSPS) is 18.6. The molecule has 0 aromatic heterocycles. The van der Waals surface area contributed by atoms with Crippen molar-refractivity contribution in [3.63, 3.8) is 0 Å². The molecule has 1 heterocycles. The number of nitrogens with one attached hydrogen (secondary N) is 1. The van der Waals surface area contributed by atoms with Crippen molar-refractivity contribution in [2.24, 2.45) is 16.6 Å². The summed E-state index contributed by atoms with van der Waals surface area (Å²) in [5, 5.41) is 3.38. The third-order valence-electron chi connectivity index (χ3n) is 4.15. The number of guanidine groups is 1. The largest absolute Gasteiger partial charge is 0.496 e. The van der Waals surface area contributed by atoms with Gasteiger partial charge in [0, 0.05) is 38.7 Å². The monoisotopic (exact) mass is 318 g/mol. The number of hydrogen-bond acceptors (Lipinski definition) is 3. The molecule has 1 aliphatic rings. The van der Waals surface area contributed by atoms with Crippen LogP contribution in [-0.4, -0.2) is 44.0 Å². The Labute approximate surface area is 137 Å². The molecule has 0 saturated carbocycles. The number of amides is 1. The van der Waals surface area contributed by atoms with Gasteiger partial charge in [-0.2, -0.15) is 0 Å². The zero-order chi connectivity index (χ0) is 16.7. The molecule has 126 valence electrons. The van der Waals surface area contributed by atoms with Crippen molar-refractivity contribution < 1.29 is 9.53 Å². The molecule has 0 aliphatic carbocycles. The number of para-hydroxylation sites is 1. The van der Waals surface area contributed by atoms with Crippen LogP contribution in [0.2, 0.25) is 0 Å². The van der Waals surface area contributed by atoms with Crippen LogP contribution in [0.1, 0.15) is 24.8 Å². The molecule has 6 heteroatoms. The molecule has 6 nitrogen and oxygen atoms in total. The SMILES string of the molecule is CN=C(NCc1ccccc1OC)N1CCCC(CC(N)=O)C1. The Balaban J connectivity index is 1.96. The number of nitrogens with zero attached hydrogens (tertiary/aromatic N) is 2. The van der Waals surface area contributed by atoms with Gasteiger partial charge in [0.25, 0.3) is 0 Å². The maximum Gasteiger partial charge on any atom is 0.217 e. The van der Waals surface area contributed by atoms with Gasteiger partial charge in [-0.1, -0.05) is 18.2 Å². The van der Waals surface area contributed by atoms with Gasteiger partial charge in [-0.05, 0) is 24.8 Å². The summed E-state index contributed by atoms with van der Waals surface area (Å²) in [6, 6.07) is 7.93. The minimum Gasteiger partial charge on any atom is -0.496 e. The van der Waals surface area contributed by atoms with E-state index in [9.17, 15) is 4.79 Å². The Morgan fingerprint density at radius 2 is 2.26 bits per heavy atom. The summed E-state index contributed by atoms with van der Waals surface area (Å²) >= 11 is 0. The minimum atomic E-state index is -0.228. The van der Waals surface area contributed by atoms with Crippen LogP contribution in [0.4, 0.5) is 0 Å². The van der Waals surface area contributed by atoms with Crippen LogP contribution < -0.4 is 15.8 Å². The van der Waals surface area contributed by atoms with E-state index in [-0.39, 0.29) is 5.91 Å². The molecule has 0 radical (unpaired) electrons. The van der Waals surface area contributed by atoms with Gasteiger partial charge in [-0.3, -0.25) is 9.79 Å². The molecule has 1 atom stereocenters. The van der Waals surface area contributed by atoms with E-state index < -0.39 is 0 Å². The van der Waals surface area contributed by atoms with Crippen LogP contribution in [-0.2, 0) is 11.3 Å². The Kier molecular flexibility index (Phi) is 6.26.